The fourth-order valence-corrected chi connectivity index (χ4v) is 1.45. The van der Waals surface area contributed by atoms with Crippen LogP contribution in [0.4, 0.5) is 0 Å². The molecule has 87 valence electrons. The molecule has 0 amide bonds. The van der Waals surface area contributed by atoms with E-state index < -0.39 is 0 Å². The number of carbonyl (C=O) groups excluding carboxylic acids is 1. The van der Waals surface area contributed by atoms with Crippen LogP contribution in [0.3, 0.4) is 0 Å². The summed E-state index contributed by atoms with van der Waals surface area (Å²) in [5, 5.41) is 0. The average molecular weight is 220 g/mol. The Kier molecular flexibility index (Phi) is 5.57. The van der Waals surface area contributed by atoms with Gasteiger partial charge in [-0.25, -0.2) is 0 Å². The van der Waals surface area contributed by atoms with Gasteiger partial charge in [-0.2, -0.15) is 0 Å². The van der Waals surface area contributed by atoms with Gasteiger partial charge in [-0.05, 0) is 37.4 Å². The van der Waals surface area contributed by atoms with Crippen molar-refractivity contribution in [2.24, 2.45) is 0 Å². The van der Waals surface area contributed by atoms with E-state index in [1.54, 1.807) is 24.3 Å². The maximum absolute atomic E-state index is 10.3. The molecular formula is C13H18NO2. The highest BCUT2D eigenvalue weighted by molar-refractivity contribution is 5.75. The third kappa shape index (κ3) is 4.03. The van der Waals surface area contributed by atoms with Crippen LogP contribution in [0, 0.1) is 0 Å². The topological polar surface area (TPSA) is 29.5 Å². The van der Waals surface area contributed by atoms with Crippen molar-refractivity contribution >= 4 is 6.29 Å². The van der Waals surface area contributed by atoms with E-state index in [0.717, 1.165) is 25.4 Å². The van der Waals surface area contributed by atoms with Crippen LogP contribution in [-0.4, -0.2) is 37.4 Å². The Morgan fingerprint density at radius 3 is 2.31 bits per heavy atom. The largest absolute Gasteiger partial charge is 0.492 e. The van der Waals surface area contributed by atoms with E-state index in [4.69, 9.17) is 4.74 Å². The maximum atomic E-state index is 10.3. The van der Waals surface area contributed by atoms with E-state index in [1.807, 2.05) is 6.29 Å². The van der Waals surface area contributed by atoms with Crippen molar-refractivity contribution in [1.29, 1.82) is 0 Å². The summed E-state index contributed by atoms with van der Waals surface area (Å²) in [6, 6.07) is 7.00. The average Bonchev–Trinajstić information content (AvgIpc) is 2.35. The Labute approximate surface area is 97.0 Å². The van der Waals surface area contributed by atoms with Gasteiger partial charge >= 0.3 is 0 Å². The van der Waals surface area contributed by atoms with Crippen LogP contribution in [0.25, 0.3) is 0 Å². The lowest BCUT2D eigenvalue weighted by Gasteiger charge is -2.17. The minimum atomic E-state index is 0.552. The molecule has 0 spiro atoms. The van der Waals surface area contributed by atoms with Gasteiger partial charge in [0.1, 0.15) is 12.4 Å². The molecule has 1 radical (unpaired) electrons. The summed E-state index contributed by atoms with van der Waals surface area (Å²) in [6.07, 6.45) is 1.83. The van der Waals surface area contributed by atoms with Crippen LogP contribution in [0.2, 0.25) is 0 Å². The van der Waals surface area contributed by atoms with Crippen molar-refractivity contribution in [2.45, 2.75) is 13.8 Å². The highest BCUT2D eigenvalue weighted by Gasteiger charge is 1.99. The number of benzene rings is 1. The van der Waals surface area contributed by atoms with Gasteiger partial charge < -0.3 is 9.64 Å². The molecule has 0 fully saturated rings. The molecule has 0 N–H and O–H groups in total. The van der Waals surface area contributed by atoms with Crippen molar-refractivity contribution < 1.29 is 9.53 Å². The zero-order valence-electron chi connectivity index (χ0n) is 9.90. The minimum Gasteiger partial charge on any atom is -0.492 e. The quantitative estimate of drug-likeness (QED) is 0.702. The Morgan fingerprint density at radius 2 is 1.81 bits per heavy atom. The maximum Gasteiger partial charge on any atom is 0.233 e. The van der Waals surface area contributed by atoms with Gasteiger partial charge in [0.15, 0.2) is 0 Å². The molecular weight excluding hydrogens is 202 g/mol. The summed E-state index contributed by atoms with van der Waals surface area (Å²) in [7, 11) is 0. The monoisotopic (exact) mass is 220 g/mol. The molecule has 3 heteroatoms. The van der Waals surface area contributed by atoms with Crippen LogP contribution < -0.4 is 4.74 Å². The lowest BCUT2D eigenvalue weighted by Crippen LogP contribution is -2.27. The summed E-state index contributed by atoms with van der Waals surface area (Å²) < 4.78 is 5.57. The summed E-state index contributed by atoms with van der Waals surface area (Å²) in [5.41, 5.74) is 0.552. The molecule has 0 aliphatic rings. The Hall–Kier alpha value is -1.35. The highest BCUT2D eigenvalue weighted by Crippen LogP contribution is 2.10. The Bertz CT molecular complexity index is 304. The molecule has 3 nitrogen and oxygen atoms in total. The first-order valence-electron chi connectivity index (χ1n) is 5.63. The third-order valence-electron chi connectivity index (χ3n) is 2.54. The first-order chi connectivity index (χ1) is 7.80. The molecule has 0 atom stereocenters. The van der Waals surface area contributed by atoms with Gasteiger partial charge in [-0.15, -0.1) is 0 Å². The van der Waals surface area contributed by atoms with Gasteiger partial charge in [-0.3, -0.25) is 4.79 Å². The molecule has 0 saturated heterocycles. The number of nitrogens with zero attached hydrogens (tertiary/aromatic N) is 1. The number of hydrogen-bond acceptors (Lipinski definition) is 3. The number of likely N-dealkylation sites (N-methyl/N-ethyl adjacent to an activating group) is 1. The van der Waals surface area contributed by atoms with Crippen molar-refractivity contribution in [3.63, 3.8) is 0 Å². The zero-order chi connectivity index (χ0) is 11.8. The van der Waals surface area contributed by atoms with Crippen LogP contribution >= 0.6 is 0 Å². The molecule has 1 aromatic rings. The van der Waals surface area contributed by atoms with E-state index in [9.17, 15) is 4.79 Å². The van der Waals surface area contributed by atoms with Gasteiger partial charge in [0.25, 0.3) is 0 Å². The molecule has 0 aliphatic heterocycles. The first kappa shape index (κ1) is 12.7. The summed E-state index contributed by atoms with van der Waals surface area (Å²) in [5.74, 6) is 0.797. The second-order valence-electron chi connectivity index (χ2n) is 3.50. The van der Waals surface area contributed by atoms with E-state index in [-0.39, 0.29) is 0 Å². The molecule has 0 bridgehead atoms. The normalized spacial score (nSPS) is 10.4. The predicted molar refractivity (Wildman–Crippen MR) is 64.5 cm³/mol. The van der Waals surface area contributed by atoms with E-state index >= 15 is 0 Å². The predicted octanol–water partition coefficient (Wildman–Crippen LogP) is 1.86. The zero-order valence-corrected chi connectivity index (χ0v) is 9.90. The van der Waals surface area contributed by atoms with Crippen molar-refractivity contribution in [3.05, 3.63) is 29.8 Å². The summed E-state index contributed by atoms with van der Waals surface area (Å²) >= 11 is 0. The summed E-state index contributed by atoms with van der Waals surface area (Å²) in [4.78, 5) is 12.6. The molecule has 0 aliphatic carbocycles. The van der Waals surface area contributed by atoms with Gasteiger partial charge in [0, 0.05) is 12.1 Å². The lowest BCUT2D eigenvalue weighted by atomic mass is 10.2. The van der Waals surface area contributed by atoms with E-state index in [1.165, 1.54) is 0 Å². The van der Waals surface area contributed by atoms with Crippen molar-refractivity contribution in [2.75, 3.05) is 26.2 Å². The second kappa shape index (κ2) is 7.01. The molecule has 16 heavy (non-hydrogen) atoms. The fourth-order valence-electron chi connectivity index (χ4n) is 1.45. The number of hydrogen-bond donors (Lipinski definition) is 0. The van der Waals surface area contributed by atoms with Crippen molar-refractivity contribution in [1.82, 2.24) is 4.90 Å². The minimum absolute atomic E-state index is 0.552. The first-order valence-corrected chi connectivity index (χ1v) is 5.63. The standard InChI is InChI=1S/C13H18NO2/c1-3-14(4-2)9-10-16-13-7-5-12(11-15)6-8-13/h5-8H,3-4,9-10H2,1-2H3. The molecule has 0 heterocycles. The third-order valence-corrected chi connectivity index (χ3v) is 2.54. The molecule has 1 rings (SSSR count). The van der Waals surface area contributed by atoms with Crippen LogP contribution in [0.1, 0.15) is 19.4 Å². The molecule has 0 unspecified atom stereocenters. The number of ether oxygens (including phenoxy) is 1. The Balaban J connectivity index is 2.34. The number of rotatable bonds is 7. The lowest BCUT2D eigenvalue weighted by molar-refractivity contribution is 0.223. The van der Waals surface area contributed by atoms with E-state index in [2.05, 4.69) is 18.7 Å². The van der Waals surface area contributed by atoms with Crippen LogP contribution in [-0.2, 0) is 4.79 Å². The molecule has 0 saturated carbocycles. The van der Waals surface area contributed by atoms with E-state index in [0.29, 0.717) is 12.2 Å². The van der Waals surface area contributed by atoms with Crippen LogP contribution in [0.15, 0.2) is 24.3 Å². The van der Waals surface area contributed by atoms with Gasteiger partial charge in [-0.1, -0.05) is 13.8 Å². The molecule has 0 aromatic heterocycles. The van der Waals surface area contributed by atoms with Crippen molar-refractivity contribution in [3.8, 4) is 5.75 Å². The fraction of sp³-hybridized carbons (Fsp3) is 0.462. The molecule has 1 aromatic carbocycles. The highest BCUT2D eigenvalue weighted by atomic mass is 16.5. The summed E-state index contributed by atoms with van der Waals surface area (Å²) in [6.45, 7) is 7.95. The smallest absolute Gasteiger partial charge is 0.233 e. The van der Waals surface area contributed by atoms with Gasteiger partial charge in [0.05, 0.1) is 0 Å². The van der Waals surface area contributed by atoms with Crippen LogP contribution in [0.5, 0.6) is 5.75 Å². The second-order valence-corrected chi connectivity index (χ2v) is 3.50. The van der Waals surface area contributed by atoms with Gasteiger partial charge in [0.2, 0.25) is 6.29 Å². The SMILES string of the molecule is CCN(CC)CCOc1ccc([C]=O)cc1. The Morgan fingerprint density at radius 1 is 1.19 bits per heavy atom.